The Balaban J connectivity index is 2.04. The van der Waals surface area contributed by atoms with Crippen molar-refractivity contribution < 1.29 is 0 Å². The average Bonchev–Trinajstić information content (AvgIpc) is 2.73. The molecule has 3 heteroatoms. The Morgan fingerprint density at radius 2 is 1.84 bits per heavy atom. The normalized spacial score (nSPS) is 11.1. The molecule has 3 rings (SSSR count). The Bertz CT molecular complexity index is 741. The second kappa shape index (κ2) is 4.50. The number of nitrogens with zero attached hydrogens (tertiary/aromatic N) is 3. The molecule has 2 aromatic heterocycles. The van der Waals surface area contributed by atoms with Crippen molar-refractivity contribution in [3.63, 3.8) is 0 Å². The third kappa shape index (κ3) is 2.24. The topological polar surface area (TPSA) is 30.7 Å². The van der Waals surface area contributed by atoms with Gasteiger partial charge in [-0.15, -0.1) is 0 Å². The maximum atomic E-state index is 4.55. The van der Waals surface area contributed by atoms with E-state index in [-0.39, 0.29) is 0 Å². The van der Waals surface area contributed by atoms with Crippen molar-refractivity contribution in [2.45, 2.75) is 27.3 Å². The molecule has 0 aliphatic heterocycles. The zero-order valence-electron chi connectivity index (χ0n) is 11.5. The van der Waals surface area contributed by atoms with Crippen molar-refractivity contribution in [1.29, 1.82) is 0 Å². The van der Waals surface area contributed by atoms with E-state index >= 15 is 0 Å². The molecule has 3 aromatic rings. The fourth-order valence-electron chi connectivity index (χ4n) is 2.30. The highest BCUT2D eigenvalue weighted by Crippen LogP contribution is 2.19. The van der Waals surface area contributed by atoms with E-state index in [1.165, 1.54) is 16.6 Å². The summed E-state index contributed by atoms with van der Waals surface area (Å²) in [5.41, 5.74) is 6.92. The molecule has 0 aliphatic carbocycles. The molecule has 0 N–H and O–H groups in total. The zero-order chi connectivity index (χ0) is 13.4. The molecular weight excluding hydrogens is 234 g/mol. The van der Waals surface area contributed by atoms with Gasteiger partial charge in [0.1, 0.15) is 0 Å². The Labute approximate surface area is 112 Å². The molecule has 0 saturated carbocycles. The molecule has 0 radical (unpaired) electrons. The number of fused-ring (bicyclic) bond motifs is 1. The van der Waals surface area contributed by atoms with E-state index < -0.39 is 0 Å². The van der Waals surface area contributed by atoms with E-state index in [0.717, 1.165) is 23.4 Å². The van der Waals surface area contributed by atoms with E-state index in [4.69, 9.17) is 0 Å². The third-order valence-corrected chi connectivity index (χ3v) is 3.51. The van der Waals surface area contributed by atoms with Gasteiger partial charge in [-0.25, -0.2) is 4.98 Å². The monoisotopic (exact) mass is 251 g/mol. The highest BCUT2D eigenvalue weighted by molar-refractivity contribution is 5.77. The van der Waals surface area contributed by atoms with Gasteiger partial charge in [-0.05, 0) is 56.2 Å². The summed E-state index contributed by atoms with van der Waals surface area (Å²) in [4.78, 5) is 9.02. The second-order valence-corrected chi connectivity index (χ2v) is 5.07. The summed E-state index contributed by atoms with van der Waals surface area (Å²) in [7, 11) is 0. The number of aryl methyl sites for hydroxylation is 3. The van der Waals surface area contributed by atoms with Gasteiger partial charge in [-0.2, -0.15) is 0 Å². The fourth-order valence-corrected chi connectivity index (χ4v) is 2.30. The first-order chi connectivity index (χ1) is 9.13. The lowest BCUT2D eigenvalue weighted by Gasteiger charge is -2.06. The Hall–Kier alpha value is -2.16. The molecule has 0 spiro atoms. The summed E-state index contributed by atoms with van der Waals surface area (Å²) in [6.07, 6.45) is 1.90. The van der Waals surface area contributed by atoms with Crippen LogP contribution in [0.4, 0.5) is 0 Å². The van der Waals surface area contributed by atoms with Crippen LogP contribution in [-0.2, 0) is 6.54 Å². The first kappa shape index (κ1) is 11.9. The van der Waals surface area contributed by atoms with Gasteiger partial charge >= 0.3 is 0 Å². The average molecular weight is 251 g/mol. The van der Waals surface area contributed by atoms with Crippen molar-refractivity contribution in [2.24, 2.45) is 0 Å². The number of pyridine rings is 1. The van der Waals surface area contributed by atoms with E-state index in [1.807, 2.05) is 25.4 Å². The lowest BCUT2D eigenvalue weighted by atomic mass is 10.1. The molecule has 96 valence electrons. The van der Waals surface area contributed by atoms with Crippen LogP contribution in [0.1, 0.15) is 22.5 Å². The maximum Gasteiger partial charge on any atom is 0.0962 e. The molecule has 0 atom stereocenters. The van der Waals surface area contributed by atoms with Crippen LogP contribution in [0, 0.1) is 20.8 Å². The lowest BCUT2D eigenvalue weighted by molar-refractivity contribution is 0.792. The minimum Gasteiger partial charge on any atom is -0.324 e. The largest absolute Gasteiger partial charge is 0.324 e. The zero-order valence-corrected chi connectivity index (χ0v) is 11.5. The number of rotatable bonds is 2. The van der Waals surface area contributed by atoms with Gasteiger partial charge < -0.3 is 4.57 Å². The molecule has 0 bridgehead atoms. The van der Waals surface area contributed by atoms with Gasteiger partial charge in [0.05, 0.1) is 29.6 Å². The Morgan fingerprint density at radius 1 is 1.05 bits per heavy atom. The summed E-state index contributed by atoms with van der Waals surface area (Å²) in [6, 6.07) is 10.5. The smallest absolute Gasteiger partial charge is 0.0962 e. The summed E-state index contributed by atoms with van der Waals surface area (Å²) < 4.78 is 2.16. The lowest BCUT2D eigenvalue weighted by Crippen LogP contribution is -2.01. The molecule has 3 nitrogen and oxygen atoms in total. The number of aromatic nitrogens is 3. The van der Waals surface area contributed by atoms with Gasteiger partial charge in [-0.3, -0.25) is 4.98 Å². The first-order valence-electron chi connectivity index (χ1n) is 6.48. The molecule has 1 aromatic carbocycles. The molecule has 0 aliphatic rings. The van der Waals surface area contributed by atoms with E-state index in [0.29, 0.717) is 0 Å². The number of hydrogen-bond acceptors (Lipinski definition) is 2. The van der Waals surface area contributed by atoms with Crippen LogP contribution >= 0.6 is 0 Å². The highest BCUT2D eigenvalue weighted by atomic mass is 15.0. The van der Waals surface area contributed by atoms with Gasteiger partial charge in [-0.1, -0.05) is 6.07 Å². The predicted molar refractivity (Wildman–Crippen MR) is 77.3 cm³/mol. The number of imidazole rings is 1. The summed E-state index contributed by atoms with van der Waals surface area (Å²) in [6.45, 7) is 7.04. The van der Waals surface area contributed by atoms with Crippen molar-refractivity contribution in [2.75, 3.05) is 0 Å². The van der Waals surface area contributed by atoms with E-state index in [9.17, 15) is 0 Å². The molecule has 0 amide bonds. The van der Waals surface area contributed by atoms with Crippen LogP contribution in [0.2, 0.25) is 0 Å². The van der Waals surface area contributed by atoms with E-state index in [2.05, 4.69) is 46.6 Å². The minimum absolute atomic E-state index is 0.765. The quantitative estimate of drug-likeness (QED) is 0.699. The fraction of sp³-hybridized carbons (Fsp3) is 0.250. The minimum atomic E-state index is 0.765. The van der Waals surface area contributed by atoms with Crippen LogP contribution in [0.5, 0.6) is 0 Å². The third-order valence-electron chi connectivity index (χ3n) is 3.51. The number of hydrogen-bond donors (Lipinski definition) is 0. The molecular formula is C16H17N3. The molecule has 19 heavy (non-hydrogen) atoms. The second-order valence-electron chi connectivity index (χ2n) is 5.07. The van der Waals surface area contributed by atoms with Crippen LogP contribution in [0.25, 0.3) is 11.0 Å². The van der Waals surface area contributed by atoms with Gasteiger partial charge in [0, 0.05) is 5.69 Å². The van der Waals surface area contributed by atoms with Gasteiger partial charge in [0.15, 0.2) is 0 Å². The van der Waals surface area contributed by atoms with Crippen LogP contribution in [-0.4, -0.2) is 14.5 Å². The molecule has 0 saturated heterocycles. The Morgan fingerprint density at radius 3 is 2.63 bits per heavy atom. The summed E-state index contributed by atoms with van der Waals surface area (Å²) in [5, 5.41) is 0. The molecule has 0 fully saturated rings. The maximum absolute atomic E-state index is 4.55. The van der Waals surface area contributed by atoms with Gasteiger partial charge in [0.25, 0.3) is 0 Å². The van der Waals surface area contributed by atoms with Crippen LogP contribution in [0.15, 0.2) is 36.7 Å². The molecule has 0 unspecified atom stereocenters. The van der Waals surface area contributed by atoms with Crippen LogP contribution < -0.4 is 0 Å². The summed E-state index contributed by atoms with van der Waals surface area (Å²) >= 11 is 0. The highest BCUT2D eigenvalue weighted by Gasteiger charge is 2.06. The van der Waals surface area contributed by atoms with Crippen LogP contribution in [0.3, 0.4) is 0 Å². The predicted octanol–water partition coefficient (Wildman–Crippen LogP) is 3.40. The first-order valence-corrected chi connectivity index (χ1v) is 6.48. The number of benzene rings is 1. The molecule has 2 heterocycles. The summed E-state index contributed by atoms with van der Waals surface area (Å²) in [5.74, 6) is 0. The Kier molecular flexibility index (Phi) is 2.82. The van der Waals surface area contributed by atoms with Crippen molar-refractivity contribution in [3.8, 4) is 0 Å². The van der Waals surface area contributed by atoms with E-state index in [1.54, 1.807) is 0 Å². The standard InChI is InChI=1S/C16H17N3/c1-11-7-15-16(8-12(11)2)19(10-17-15)9-14-6-4-5-13(3)18-14/h4-8,10H,9H2,1-3H3. The SMILES string of the molecule is Cc1cccc(Cn2cnc3cc(C)c(C)cc32)n1. The van der Waals surface area contributed by atoms with Crippen molar-refractivity contribution in [1.82, 2.24) is 14.5 Å². The van der Waals surface area contributed by atoms with Gasteiger partial charge in [0.2, 0.25) is 0 Å². The van der Waals surface area contributed by atoms with Crippen molar-refractivity contribution >= 4 is 11.0 Å². The van der Waals surface area contributed by atoms with Crippen molar-refractivity contribution in [3.05, 3.63) is 59.2 Å².